The zero-order chi connectivity index (χ0) is 13.5. The SMILES string of the molecule is CCCCNC(=O)CS(=O)(=O)C(CC)C(=O)O. The summed E-state index contributed by atoms with van der Waals surface area (Å²) < 4.78 is 23.2. The van der Waals surface area contributed by atoms with Crippen LogP contribution in [0.15, 0.2) is 0 Å². The molecule has 0 bridgehead atoms. The lowest BCUT2D eigenvalue weighted by Gasteiger charge is -2.11. The number of sulfone groups is 1. The van der Waals surface area contributed by atoms with Gasteiger partial charge in [-0.3, -0.25) is 9.59 Å². The van der Waals surface area contributed by atoms with Crippen LogP contribution in [0.3, 0.4) is 0 Å². The molecule has 0 aromatic heterocycles. The topological polar surface area (TPSA) is 101 Å². The van der Waals surface area contributed by atoms with E-state index in [0.717, 1.165) is 12.8 Å². The lowest BCUT2D eigenvalue weighted by molar-refractivity contribution is -0.136. The van der Waals surface area contributed by atoms with E-state index in [9.17, 15) is 18.0 Å². The molecule has 100 valence electrons. The Hall–Kier alpha value is -1.11. The van der Waals surface area contributed by atoms with Gasteiger partial charge in [-0.15, -0.1) is 0 Å². The molecule has 0 rings (SSSR count). The Morgan fingerprint density at radius 1 is 1.29 bits per heavy atom. The summed E-state index contributed by atoms with van der Waals surface area (Å²) in [6.07, 6.45) is 1.61. The van der Waals surface area contributed by atoms with Gasteiger partial charge in [-0.05, 0) is 12.8 Å². The normalized spacial score (nSPS) is 13.1. The fourth-order valence-corrected chi connectivity index (χ4v) is 2.80. The van der Waals surface area contributed by atoms with Gasteiger partial charge in [0.1, 0.15) is 5.75 Å². The van der Waals surface area contributed by atoms with Crippen LogP contribution in [0.4, 0.5) is 0 Å². The van der Waals surface area contributed by atoms with Crippen molar-refractivity contribution in [3.05, 3.63) is 0 Å². The molecule has 1 unspecified atom stereocenters. The maximum absolute atomic E-state index is 11.6. The van der Waals surface area contributed by atoms with Crippen LogP contribution in [-0.4, -0.2) is 42.9 Å². The van der Waals surface area contributed by atoms with E-state index in [-0.39, 0.29) is 6.42 Å². The van der Waals surface area contributed by atoms with Crippen molar-refractivity contribution in [2.45, 2.75) is 38.4 Å². The average Bonchev–Trinajstić information content (AvgIpc) is 2.16. The Morgan fingerprint density at radius 2 is 1.88 bits per heavy atom. The van der Waals surface area contributed by atoms with Crippen molar-refractivity contribution in [1.29, 1.82) is 0 Å². The van der Waals surface area contributed by atoms with Gasteiger partial charge in [0.25, 0.3) is 0 Å². The molecule has 0 aromatic rings. The van der Waals surface area contributed by atoms with Gasteiger partial charge in [-0.1, -0.05) is 20.3 Å². The number of rotatable bonds is 8. The largest absolute Gasteiger partial charge is 0.480 e. The summed E-state index contributed by atoms with van der Waals surface area (Å²) in [7, 11) is -3.92. The zero-order valence-electron chi connectivity index (χ0n) is 10.1. The predicted molar refractivity (Wildman–Crippen MR) is 63.4 cm³/mol. The molecule has 0 saturated heterocycles. The number of nitrogens with one attached hydrogen (secondary N) is 1. The third-order valence-corrected chi connectivity index (χ3v) is 4.33. The second-order valence-electron chi connectivity index (χ2n) is 3.75. The second kappa shape index (κ2) is 7.26. The lowest BCUT2D eigenvalue weighted by atomic mass is 10.3. The van der Waals surface area contributed by atoms with E-state index in [0.29, 0.717) is 6.54 Å². The first-order valence-electron chi connectivity index (χ1n) is 5.56. The van der Waals surface area contributed by atoms with E-state index in [2.05, 4.69) is 5.32 Å². The fraction of sp³-hybridized carbons (Fsp3) is 0.800. The quantitative estimate of drug-likeness (QED) is 0.610. The van der Waals surface area contributed by atoms with Gasteiger partial charge in [-0.2, -0.15) is 0 Å². The zero-order valence-corrected chi connectivity index (χ0v) is 10.9. The minimum absolute atomic E-state index is 0.0418. The second-order valence-corrected chi connectivity index (χ2v) is 5.93. The molecule has 0 aromatic carbocycles. The van der Waals surface area contributed by atoms with Crippen molar-refractivity contribution in [3.63, 3.8) is 0 Å². The molecule has 1 atom stereocenters. The molecule has 1 amide bonds. The summed E-state index contributed by atoms with van der Waals surface area (Å²) in [6, 6.07) is 0. The lowest BCUT2D eigenvalue weighted by Crippen LogP contribution is -2.38. The number of hydrogen-bond donors (Lipinski definition) is 2. The van der Waals surface area contributed by atoms with Crippen molar-refractivity contribution >= 4 is 21.7 Å². The summed E-state index contributed by atoms with van der Waals surface area (Å²) >= 11 is 0. The summed E-state index contributed by atoms with van der Waals surface area (Å²) in [5.74, 6) is -2.81. The van der Waals surface area contributed by atoms with Crippen LogP contribution in [0.2, 0.25) is 0 Å². The molecule has 0 aliphatic rings. The Labute approximate surface area is 101 Å². The molecule has 2 N–H and O–H groups in total. The van der Waals surface area contributed by atoms with Crippen molar-refractivity contribution in [2.75, 3.05) is 12.3 Å². The standard InChI is InChI=1S/C10H19NO5S/c1-3-5-6-11-9(12)7-17(15,16)8(4-2)10(13)14/h8H,3-7H2,1-2H3,(H,11,12)(H,13,14). The number of carboxylic acids is 1. The number of amides is 1. The number of carbonyl (C=O) groups excluding carboxylic acids is 1. The number of carboxylic acid groups (broad SMARTS) is 1. The molecule has 0 spiro atoms. The summed E-state index contributed by atoms with van der Waals surface area (Å²) in [5, 5.41) is 9.67. The van der Waals surface area contributed by atoms with Crippen molar-refractivity contribution in [1.82, 2.24) is 5.32 Å². The minimum Gasteiger partial charge on any atom is -0.480 e. The highest BCUT2D eigenvalue weighted by Gasteiger charge is 2.32. The van der Waals surface area contributed by atoms with E-state index in [1.807, 2.05) is 6.92 Å². The average molecular weight is 265 g/mol. The molecule has 6 nitrogen and oxygen atoms in total. The minimum atomic E-state index is -3.92. The van der Waals surface area contributed by atoms with Crippen molar-refractivity contribution in [2.24, 2.45) is 0 Å². The Bertz CT molecular complexity index is 363. The summed E-state index contributed by atoms with van der Waals surface area (Å²) in [4.78, 5) is 22.0. The highest BCUT2D eigenvalue weighted by molar-refractivity contribution is 7.93. The Kier molecular flexibility index (Phi) is 6.79. The smallest absolute Gasteiger partial charge is 0.321 e. The number of aliphatic carboxylic acids is 1. The highest BCUT2D eigenvalue weighted by Crippen LogP contribution is 2.07. The summed E-state index contributed by atoms with van der Waals surface area (Å²) in [5.41, 5.74) is 0. The van der Waals surface area contributed by atoms with E-state index in [1.165, 1.54) is 6.92 Å². The third-order valence-electron chi connectivity index (χ3n) is 2.26. The maximum Gasteiger partial charge on any atom is 0.321 e. The van der Waals surface area contributed by atoms with Gasteiger partial charge >= 0.3 is 5.97 Å². The van der Waals surface area contributed by atoms with Gasteiger partial charge < -0.3 is 10.4 Å². The van der Waals surface area contributed by atoms with E-state index >= 15 is 0 Å². The Morgan fingerprint density at radius 3 is 2.29 bits per heavy atom. The number of hydrogen-bond acceptors (Lipinski definition) is 4. The van der Waals surface area contributed by atoms with Gasteiger partial charge in [0, 0.05) is 6.54 Å². The first-order chi connectivity index (χ1) is 7.85. The molecule has 0 heterocycles. The van der Waals surface area contributed by atoms with Gasteiger partial charge in [-0.25, -0.2) is 8.42 Å². The number of carbonyl (C=O) groups is 2. The first kappa shape index (κ1) is 15.9. The van der Waals surface area contributed by atoms with Gasteiger partial charge in [0.15, 0.2) is 15.1 Å². The fourth-order valence-electron chi connectivity index (χ4n) is 1.32. The molecule has 0 saturated carbocycles. The summed E-state index contributed by atoms with van der Waals surface area (Å²) in [6.45, 7) is 3.82. The molecule has 0 radical (unpaired) electrons. The van der Waals surface area contributed by atoms with Gasteiger partial charge in [0.05, 0.1) is 0 Å². The van der Waals surface area contributed by atoms with Crippen LogP contribution < -0.4 is 5.32 Å². The molecule has 17 heavy (non-hydrogen) atoms. The van der Waals surface area contributed by atoms with Crippen LogP contribution in [0, 0.1) is 0 Å². The van der Waals surface area contributed by atoms with Crippen LogP contribution in [0.25, 0.3) is 0 Å². The van der Waals surface area contributed by atoms with Crippen LogP contribution in [0.5, 0.6) is 0 Å². The molecular weight excluding hydrogens is 246 g/mol. The maximum atomic E-state index is 11.6. The molecular formula is C10H19NO5S. The highest BCUT2D eigenvalue weighted by atomic mass is 32.2. The molecule has 7 heteroatoms. The van der Waals surface area contributed by atoms with Crippen LogP contribution in [-0.2, 0) is 19.4 Å². The Balaban J connectivity index is 4.43. The third kappa shape index (κ3) is 5.67. The van der Waals surface area contributed by atoms with E-state index < -0.39 is 32.7 Å². The van der Waals surface area contributed by atoms with Crippen LogP contribution >= 0.6 is 0 Å². The predicted octanol–water partition coefficient (Wildman–Crippen LogP) is 0.181. The number of unbranched alkanes of at least 4 members (excludes halogenated alkanes) is 1. The van der Waals surface area contributed by atoms with E-state index in [4.69, 9.17) is 5.11 Å². The van der Waals surface area contributed by atoms with Crippen molar-refractivity contribution < 1.29 is 23.1 Å². The first-order valence-corrected chi connectivity index (χ1v) is 7.27. The van der Waals surface area contributed by atoms with Crippen molar-refractivity contribution in [3.8, 4) is 0 Å². The molecule has 0 aliphatic heterocycles. The molecule has 0 aliphatic carbocycles. The van der Waals surface area contributed by atoms with Crippen LogP contribution in [0.1, 0.15) is 33.1 Å². The monoisotopic (exact) mass is 265 g/mol. The molecule has 0 fully saturated rings. The van der Waals surface area contributed by atoms with E-state index in [1.54, 1.807) is 0 Å². The van der Waals surface area contributed by atoms with Gasteiger partial charge in [0.2, 0.25) is 5.91 Å².